The Bertz CT molecular complexity index is 932. The number of aromatic nitrogens is 2. The standard InChI is InChI=1S/C20H20ClN3O3/c1-13-18(26-12-23-13)20(25)24-8-2-3-15(11-24)19-22-10-17(27-19)9-14-4-6-16(21)7-5-14/h4-7,10,12,15H,2-3,8-9,11H2,1H3. The molecule has 140 valence electrons. The Morgan fingerprint density at radius 3 is 2.85 bits per heavy atom. The maximum atomic E-state index is 12.7. The summed E-state index contributed by atoms with van der Waals surface area (Å²) in [7, 11) is 0. The fourth-order valence-corrected chi connectivity index (χ4v) is 3.54. The second kappa shape index (κ2) is 7.56. The molecule has 1 fully saturated rings. The van der Waals surface area contributed by atoms with Crippen LogP contribution in [0.1, 0.15) is 52.2 Å². The molecule has 2 aromatic heterocycles. The van der Waals surface area contributed by atoms with Gasteiger partial charge in [0.1, 0.15) is 5.76 Å². The summed E-state index contributed by atoms with van der Waals surface area (Å²) in [5.41, 5.74) is 1.73. The van der Waals surface area contributed by atoms with E-state index < -0.39 is 0 Å². The molecule has 1 unspecified atom stereocenters. The summed E-state index contributed by atoms with van der Waals surface area (Å²) in [6, 6.07) is 7.69. The van der Waals surface area contributed by atoms with E-state index in [1.165, 1.54) is 6.39 Å². The molecule has 3 heterocycles. The van der Waals surface area contributed by atoms with Gasteiger partial charge in [-0.3, -0.25) is 4.79 Å². The first-order valence-corrected chi connectivity index (χ1v) is 9.36. The van der Waals surface area contributed by atoms with Gasteiger partial charge in [-0.05, 0) is 37.5 Å². The van der Waals surface area contributed by atoms with Gasteiger partial charge in [0, 0.05) is 24.5 Å². The van der Waals surface area contributed by atoms with Crippen molar-refractivity contribution in [1.82, 2.24) is 14.9 Å². The minimum atomic E-state index is -0.123. The first kappa shape index (κ1) is 17.8. The Hall–Kier alpha value is -2.60. The number of carbonyl (C=O) groups is 1. The Morgan fingerprint density at radius 1 is 1.30 bits per heavy atom. The summed E-state index contributed by atoms with van der Waals surface area (Å²) in [5.74, 6) is 1.77. The van der Waals surface area contributed by atoms with Crippen molar-refractivity contribution in [2.24, 2.45) is 0 Å². The van der Waals surface area contributed by atoms with E-state index >= 15 is 0 Å². The highest BCUT2D eigenvalue weighted by Crippen LogP contribution is 2.28. The van der Waals surface area contributed by atoms with Gasteiger partial charge < -0.3 is 13.7 Å². The molecule has 0 bridgehead atoms. The second-order valence-electron chi connectivity index (χ2n) is 6.83. The van der Waals surface area contributed by atoms with Gasteiger partial charge in [-0.25, -0.2) is 9.97 Å². The van der Waals surface area contributed by atoms with Crippen LogP contribution in [0.4, 0.5) is 0 Å². The Balaban J connectivity index is 1.44. The zero-order valence-electron chi connectivity index (χ0n) is 15.0. The van der Waals surface area contributed by atoms with E-state index in [-0.39, 0.29) is 11.8 Å². The van der Waals surface area contributed by atoms with Gasteiger partial charge in [0.25, 0.3) is 5.91 Å². The van der Waals surface area contributed by atoms with Crippen molar-refractivity contribution in [2.75, 3.05) is 13.1 Å². The molecule has 7 heteroatoms. The normalized spacial score (nSPS) is 17.3. The number of carbonyl (C=O) groups excluding carboxylic acids is 1. The molecule has 1 aliphatic rings. The number of likely N-dealkylation sites (tertiary alicyclic amines) is 1. The number of hydrogen-bond donors (Lipinski definition) is 0. The third kappa shape index (κ3) is 3.90. The van der Waals surface area contributed by atoms with Crippen LogP contribution in [-0.4, -0.2) is 33.9 Å². The van der Waals surface area contributed by atoms with Crippen LogP contribution in [0.25, 0.3) is 0 Å². The van der Waals surface area contributed by atoms with E-state index in [0.717, 1.165) is 24.2 Å². The van der Waals surface area contributed by atoms with Crippen LogP contribution in [0.5, 0.6) is 0 Å². The highest BCUT2D eigenvalue weighted by atomic mass is 35.5. The van der Waals surface area contributed by atoms with Crippen LogP contribution < -0.4 is 0 Å². The number of halogens is 1. The van der Waals surface area contributed by atoms with Crippen molar-refractivity contribution < 1.29 is 13.6 Å². The van der Waals surface area contributed by atoms with Gasteiger partial charge in [-0.2, -0.15) is 0 Å². The van der Waals surface area contributed by atoms with Gasteiger partial charge in [0.15, 0.2) is 12.3 Å². The molecule has 1 saturated heterocycles. The van der Waals surface area contributed by atoms with Gasteiger partial charge in [0.2, 0.25) is 5.76 Å². The molecule has 3 aromatic rings. The second-order valence-corrected chi connectivity index (χ2v) is 7.26. The van der Waals surface area contributed by atoms with Crippen LogP contribution in [0, 0.1) is 6.92 Å². The number of oxazole rings is 2. The van der Waals surface area contributed by atoms with Crippen molar-refractivity contribution in [2.45, 2.75) is 32.1 Å². The van der Waals surface area contributed by atoms with Crippen molar-refractivity contribution in [3.05, 3.63) is 70.5 Å². The molecule has 0 N–H and O–H groups in total. The molecule has 0 aliphatic carbocycles. The molecular formula is C20H20ClN3O3. The van der Waals surface area contributed by atoms with Crippen molar-refractivity contribution in [3.63, 3.8) is 0 Å². The van der Waals surface area contributed by atoms with Gasteiger partial charge in [-0.15, -0.1) is 0 Å². The van der Waals surface area contributed by atoms with Crippen LogP contribution in [0.3, 0.4) is 0 Å². The lowest BCUT2D eigenvalue weighted by Gasteiger charge is -2.30. The topological polar surface area (TPSA) is 72.4 Å². The van der Waals surface area contributed by atoms with Gasteiger partial charge in [-0.1, -0.05) is 23.7 Å². The summed E-state index contributed by atoms with van der Waals surface area (Å²) in [6.45, 7) is 3.04. The number of hydrogen-bond acceptors (Lipinski definition) is 5. The average molecular weight is 386 g/mol. The zero-order valence-corrected chi connectivity index (χ0v) is 15.8. The van der Waals surface area contributed by atoms with E-state index in [1.54, 1.807) is 18.0 Å². The smallest absolute Gasteiger partial charge is 0.291 e. The zero-order chi connectivity index (χ0) is 18.8. The molecular weight excluding hydrogens is 366 g/mol. The van der Waals surface area contributed by atoms with Crippen molar-refractivity contribution in [3.8, 4) is 0 Å². The van der Waals surface area contributed by atoms with E-state index in [0.29, 0.717) is 41.9 Å². The summed E-state index contributed by atoms with van der Waals surface area (Å²) in [6.07, 6.45) is 5.59. The fourth-order valence-electron chi connectivity index (χ4n) is 3.41. The number of rotatable bonds is 4. The lowest BCUT2D eigenvalue weighted by atomic mass is 9.97. The lowest BCUT2D eigenvalue weighted by molar-refractivity contribution is 0.0664. The van der Waals surface area contributed by atoms with Crippen molar-refractivity contribution >= 4 is 17.5 Å². The first-order valence-electron chi connectivity index (χ1n) is 8.98. The third-order valence-electron chi connectivity index (χ3n) is 4.86. The van der Waals surface area contributed by atoms with Crippen LogP contribution >= 0.6 is 11.6 Å². The maximum Gasteiger partial charge on any atom is 0.291 e. The predicted molar refractivity (Wildman–Crippen MR) is 99.9 cm³/mol. The van der Waals surface area contributed by atoms with E-state index in [9.17, 15) is 4.79 Å². The molecule has 0 spiro atoms. The number of benzene rings is 1. The van der Waals surface area contributed by atoms with Gasteiger partial charge >= 0.3 is 0 Å². The monoisotopic (exact) mass is 385 g/mol. The highest BCUT2D eigenvalue weighted by Gasteiger charge is 2.30. The minimum Gasteiger partial charge on any atom is -0.445 e. The van der Waals surface area contributed by atoms with Crippen LogP contribution in [-0.2, 0) is 6.42 Å². The summed E-state index contributed by atoms with van der Waals surface area (Å²) in [5, 5.41) is 0.714. The highest BCUT2D eigenvalue weighted by molar-refractivity contribution is 6.30. The van der Waals surface area contributed by atoms with Gasteiger partial charge in [0.05, 0.1) is 17.8 Å². The molecule has 6 nitrogen and oxygen atoms in total. The number of aryl methyl sites for hydroxylation is 1. The van der Waals surface area contributed by atoms with Crippen molar-refractivity contribution in [1.29, 1.82) is 0 Å². The largest absolute Gasteiger partial charge is 0.445 e. The fraction of sp³-hybridized carbons (Fsp3) is 0.350. The SMILES string of the molecule is Cc1ncoc1C(=O)N1CCCC(c2ncc(Cc3ccc(Cl)cc3)o2)C1. The quantitative estimate of drug-likeness (QED) is 0.671. The molecule has 1 aliphatic heterocycles. The molecule has 1 atom stereocenters. The molecule has 0 saturated carbocycles. The predicted octanol–water partition coefficient (Wildman–Crippen LogP) is 4.24. The minimum absolute atomic E-state index is 0.0879. The first-order chi connectivity index (χ1) is 13.1. The third-order valence-corrected chi connectivity index (χ3v) is 5.11. The molecule has 27 heavy (non-hydrogen) atoms. The maximum absolute atomic E-state index is 12.7. The Labute approximate surface area is 162 Å². The number of amides is 1. The lowest BCUT2D eigenvalue weighted by Crippen LogP contribution is -2.39. The molecule has 1 amide bonds. The average Bonchev–Trinajstić information content (AvgIpc) is 3.32. The molecule has 4 rings (SSSR count). The number of piperidine rings is 1. The van der Waals surface area contributed by atoms with Crippen LogP contribution in [0.15, 0.2) is 45.7 Å². The summed E-state index contributed by atoms with van der Waals surface area (Å²) < 4.78 is 11.2. The van der Waals surface area contributed by atoms with E-state index in [2.05, 4.69) is 9.97 Å². The number of nitrogens with zero attached hydrogens (tertiary/aromatic N) is 3. The molecule has 0 radical (unpaired) electrons. The summed E-state index contributed by atoms with van der Waals surface area (Å²) in [4.78, 5) is 22.9. The molecule has 1 aromatic carbocycles. The van der Waals surface area contributed by atoms with E-state index in [1.807, 2.05) is 24.3 Å². The van der Waals surface area contributed by atoms with E-state index in [4.69, 9.17) is 20.4 Å². The van der Waals surface area contributed by atoms with Crippen LogP contribution in [0.2, 0.25) is 5.02 Å². The summed E-state index contributed by atoms with van der Waals surface area (Å²) >= 11 is 5.93. The Morgan fingerprint density at radius 2 is 2.11 bits per heavy atom. The Kier molecular flexibility index (Phi) is 4.99.